The first-order valence-corrected chi connectivity index (χ1v) is 7.86. The van der Waals surface area contributed by atoms with Crippen LogP contribution in [0.1, 0.15) is 11.1 Å². The number of para-hydroxylation sites is 1. The molecule has 2 aromatic rings. The number of hydrogen-bond acceptors (Lipinski definition) is 6. The molecule has 0 heterocycles. The maximum Gasteiger partial charge on any atom is 0.244 e. The van der Waals surface area contributed by atoms with Gasteiger partial charge in [0.1, 0.15) is 0 Å². The van der Waals surface area contributed by atoms with Gasteiger partial charge >= 0.3 is 0 Å². The Balaban J connectivity index is 2.02. The van der Waals surface area contributed by atoms with Gasteiger partial charge in [0, 0.05) is 5.56 Å². The fraction of sp³-hybridized carbons (Fsp3) is 0.263. The lowest BCUT2D eigenvalue weighted by atomic mass is 10.1. The molecule has 0 unspecified atom stereocenters. The maximum absolute atomic E-state index is 12.1. The van der Waals surface area contributed by atoms with Gasteiger partial charge in [-0.05, 0) is 29.8 Å². The van der Waals surface area contributed by atoms with E-state index in [2.05, 4.69) is 10.5 Å². The van der Waals surface area contributed by atoms with E-state index < -0.39 is 0 Å². The van der Waals surface area contributed by atoms with E-state index in [1.165, 1.54) is 6.21 Å². The van der Waals surface area contributed by atoms with E-state index in [1.807, 2.05) is 12.1 Å². The molecule has 2 aromatic carbocycles. The third kappa shape index (κ3) is 4.66. The number of rotatable bonds is 8. The molecule has 2 rings (SSSR count). The van der Waals surface area contributed by atoms with Crippen molar-refractivity contribution < 1.29 is 23.7 Å². The number of benzene rings is 2. The third-order valence-corrected chi connectivity index (χ3v) is 3.64. The first kappa shape index (κ1) is 19.1. The summed E-state index contributed by atoms with van der Waals surface area (Å²) in [4.78, 5) is 12.1. The summed E-state index contributed by atoms with van der Waals surface area (Å²) < 4.78 is 21.0. The van der Waals surface area contributed by atoms with Gasteiger partial charge in [-0.3, -0.25) is 4.79 Å². The molecule has 1 N–H and O–H groups in total. The first-order chi connectivity index (χ1) is 12.6. The molecule has 0 aromatic heterocycles. The van der Waals surface area contributed by atoms with E-state index in [0.29, 0.717) is 28.6 Å². The van der Waals surface area contributed by atoms with Crippen molar-refractivity contribution in [3.63, 3.8) is 0 Å². The molecule has 0 radical (unpaired) electrons. The van der Waals surface area contributed by atoms with E-state index in [0.717, 1.165) is 5.56 Å². The Morgan fingerprint density at radius 2 is 1.69 bits per heavy atom. The summed E-state index contributed by atoms with van der Waals surface area (Å²) in [6, 6.07) is 10.7. The molecule has 0 saturated heterocycles. The van der Waals surface area contributed by atoms with Crippen LogP contribution in [0.2, 0.25) is 0 Å². The van der Waals surface area contributed by atoms with Crippen LogP contribution >= 0.6 is 0 Å². The van der Waals surface area contributed by atoms with Crippen LogP contribution in [-0.4, -0.2) is 40.6 Å². The predicted octanol–water partition coefficient (Wildman–Crippen LogP) is 2.41. The second kappa shape index (κ2) is 9.31. The molecule has 0 fully saturated rings. The highest BCUT2D eigenvalue weighted by Gasteiger charge is 2.09. The van der Waals surface area contributed by atoms with Gasteiger partial charge in [0.2, 0.25) is 5.91 Å². The lowest BCUT2D eigenvalue weighted by Crippen LogP contribution is -2.19. The molecule has 0 aliphatic rings. The van der Waals surface area contributed by atoms with Gasteiger partial charge in [0.25, 0.3) is 0 Å². The molecule has 0 atom stereocenters. The molecule has 138 valence electrons. The lowest BCUT2D eigenvalue weighted by molar-refractivity contribution is -0.120. The molecule has 26 heavy (non-hydrogen) atoms. The van der Waals surface area contributed by atoms with Crippen molar-refractivity contribution in [3.05, 3.63) is 47.5 Å². The van der Waals surface area contributed by atoms with Gasteiger partial charge in [0.15, 0.2) is 23.0 Å². The Morgan fingerprint density at radius 3 is 2.35 bits per heavy atom. The van der Waals surface area contributed by atoms with Crippen molar-refractivity contribution in [1.29, 1.82) is 0 Å². The average molecular weight is 358 g/mol. The summed E-state index contributed by atoms with van der Waals surface area (Å²) >= 11 is 0. The number of carbonyl (C=O) groups is 1. The van der Waals surface area contributed by atoms with E-state index >= 15 is 0 Å². The summed E-state index contributed by atoms with van der Waals surface area (Å²) in [7, 11) is 6.22. The Morgan fingerprint density at radius 1 is 0.962 bits per heavy atom. The van der Waals surface area contributed by atoms with Crippen LogP contribution in [0.15, 0.2) is 41.5 Å². The van der Waals surface area contributed by atoms with Gasteiger partial charge in [-0.15, -0.1) is 0 Å². The molecular formula is C19H22N2O5. The second-order valence-corrected chi connectivity index (χ2v) is 5.24. The Hall–Kier alpha value is -3.22. The molecule has 1 amide bonds. The zero-order valence-electron chi connectivity index (χ0n) is 15.2. The predicted molar refractivity (Wildman–Crippen MR) is 98.5 cm³/mol. The summed E-state index contributed by atoms with van der Waals surface area (Å²) in [5.41, 5.74) is 3.98. The van der Waals surface area contributed by atoms with Crippen LogP contribution in [0.3, 0.4) is 0 Å². The number of hydrazone groups is 1. The van der Waals surface area contributed by atoms with Crippen LogP contribution in [0.4, 0.5) is 0 Å². The van der Waals surface area contributed by atoms with Crippen molar-refractivity contribution in [2.75, 3.05) is 28.4 Å². The normalized spacial score (nSPS) is 10.5. The van der Waals surface area contributed by atoms with Gasteiger partial charge in [-0.1, -0.05) is 12.1 Å². The molecule has 7 nitrogen and oxygen atoms in total. The lowest BCUT2D eigenvalue weighted by Gasteiger charge is -2.10. The largest absolute Gasteiger partial charge is 0.493 e. The van der Waals surface area contributed by atoms with E-state index in [4.69, 9.17) is 18.9 Å². The Labute approximate surface area is 152 Å². The topological polar surface area (TPSA) is 78.4 Å². The van der Waals surface area contributed by atoms with Gasteiger partial charge in [0.05, 0.1) is 41.1 Å². The van der Waals surface area contributed by atoms with Gasteiger partial charge in [-0.2, -0.15) is 5.10 Å². The third-order valence-electron chi connectivity index (χ3n) is 3.64. The number of nitrogens with zero attached hydrogens (tertiary/aromatic N) is 1. The zero-order valence-corrected chi connectivity index (χ0v) is 15.2. The van der Waals surface area contributed by atoms with Gasteiger partial charge < -0.3 is 18.9 Å². The summed E-state index contributed by atoms with van der Waals surface area (Å²) in [6.45, 7) is 0. The smallest absolute Gasteiger partial charge is 0.244 e. The summed E-state index contributed by atoms with van der Waals surface area (Å²) in [6.07, 6.45) is 1.67. The van der Waals surface area contributed by atoms with E-state index in [9.17, 15) is 4.79 Å². The monoisotopic (exact) mass is 358 g/mol. The fourth-order valence-electron chi connectivity index (χ4n) is 2.40. The number of ether oxygens (including phenoxy) is 4. The molecule has 0 aliphatic carbocycles. The standard InChI is InChI=1S/C19H22N2O5/c1-23-15-9-8-13(10-17(15)25-3)11-18(22)21-20-12-14-6-5-7-16(24-2)19(14)26-4/h5-10,12H,11H2,1-4H3,(H,21,22)/b20-12-. The zero-order chi connectivity index (χ0) is 18.9. The molecule has 7 heteroatoms. The SMILES string of the molecule is COc1ccc(CC(=O)N/N=C\c2cccc(OC)c2OC)cc1OC. The van der Waals surface area contributed by atoms with E-state index in [1.54, 1.807) is 52.7 Å². The number of hydrogen-bond donors (Lipinski definition) is 1. The minimum absolute atomic E-state index is 0.160. The van der Waals surface area contributed by atoms with Crippen molar-refractivity contribution in [3.8, 4) is 23.0 Å². The highest BCUT2D eigenvalue weighted by molar-refractivity contribution is 5.86. The highest BCUT2D eigenvalue weighted by atomic mass is 16.5. The van der Waals surface area contributed by atoms with Crippen molar-refractivity contribution >= 4 is 12.1 Å². The Bertz CT molecular complexity index is 789. The van der Waals surface area contributed by atoms with Crippen molar-refractivity contribution in [2.24, 2.45) is 5.10 Å². The van der Waals surface area contributed by atoms with Crippen LogP contribution in [-0.2, 0) is 11.2 Å². The van der Waals surface area contributed by atoms with Crippen LogP contribution in [0.5, 0.6) is 23.0 Å². The average Bonchev–Trinajstić information content (AvgIpc) is 2.67. The molecule has 0 spiro atoms. The quantitative estimate of drug-likeness (QED) is 0.579. The molecule has 0 aliphatic heterocycles. The fourth-order valence-corrected chi connectivity index (χ4v) is 2.40. The number of nitrogens with one attached hydrogen (secondary N) is 1. The minimum atomic E-state index is -0.254. The van der Waals surface area contributed by atoms with Crippen LogP contribution < -0.4 is 24.4 Å². The number of carbonyl (C=O) groups excluding carboxylic acids is 1. The number of methoxy groups -OCH3 is 4. The minimum Gasteiger partial charge on any atom is -0.493 e. The van der Waals surface area contributed by atoms with Gasteiger partial charge in [-0.25, -0.2) is 5.43 Å². The van der Waals surface area contributed by atoms with Crippen molar-refractivity contribution in [1.82, 2.24) is 5.43 Å². The number of amides is 1. The summed E-state index contributed by atoms with van der Waals surface area (Å²) in [5, 5.41) is 3.98. The van der Waals surface area contributed by atoms with Crippen LogP contribution in [0.25, 0.3) is 0 Å². The molecule has 0 saturated carbocycles. The van der Waals surface area contributed by atoms with E-state index in [-0.39, 0.29) is 12.3 Å². The second-order valence-electron chi connectivity index (χ2n) is 5.24. The highest BCUT2D eigenvalue weighted by Crippen LogP contribution is 2.29. The molecular weight excluding hydrogens is 336 g/mol. The van der Waals surface area contributed by atoms with Crippen molar-refractivity contribution in [2.45, 2.75) is 6.42 Å². The first-order valence-electron chi connectivity index (χ1n) is 7.86. The summed E-state index contributed by atoms with van der Waals surface area (Å²) in [5.74, 6) is 2.07. The van der Waals surface area contributed by atoms with Crippen LogP contribution in [0, 0.1) is 0 Å². The maximum atomic E-state index is 12.1. The Kier molecular flexibility index (Phi) is 6.84. The molecule has 0 bridgehead atoms.